The number of fused-ring (bicyclic) bond motifs is 1. The molecular formula is C12H13F3N4S. The first-order valence-electron chi connectivity index (χ1n) is 6.30. The second kappa shape index (κ2) is 5.16. The van der Waals surface area contributed by atoms with Gasteiger partial charge in [-0.15, -0.1) is 0 Å². The molecule has 1 atom stereocenters. The molecule has 1 fully saturated rings. The first-order chi connectivity index (χ1) is 9.54. The molecule has 0 amide bonds. The number of hydrogen-bond acceptors (Lipinski definition) is 4. The smallest absolute Gasteiger partial charge is 0.365 e. The van der Waals surface area contributed by atoms with Crippen molar-refractivity contribution in [3.63, 3.8) is 0 Å². The van der Waals surface area contributed by atoms with Gasteiger partial charge in [-0.25, -0.2) is 9.50 Å². The van der Waals surface area contributed by atoms with Gasteiger partial charge in [-0.1, -0.05) is 0 Å². The molecule has 3 rings (SSSR count). The second-order valence-corrected chi connectivity index (χ2v) is 5.84. The van der Waals surface area contributed by atoms with Crippen LogP contribution in [0, 0.1) is 0 Å². The third kappa shape index (κ3) is 2.70. The van der Waals surface area contributed by atoms with Crippen molar-refractivity contribution in [2.75, 3.05) is 16.8 Å². The molecule has 0 saturated carbocycles. The van der Waals surface area contributed by atoms with Gasteiger partial charge in [-0.2, -0.15) is 30.0 Å². The molecule has 1 saturated heterocycles. The molecule has 0 spiro atoms. The van der Waals surface area contributed by atoms with E-state index in [0.29, 0.717) is 11.3 Å². The molecule has 4 nitrogen and oxygen atoms in total. The first kappa shape index (κ1) is 13.5. The van der Waals surface area contributed by atoms with Crippen LogP contribution in [0.3, 0.4) is 0 Å². The van der Waals surface area contributed by atoms with Gasteiger partial charge < -0.3 is 5.32 Å². The van der Waals surface area contributed by atoms with Gasteiger partial charge in [0, 0.05) is 30.3 Å². The second-order valence-electron chi connectivity index (χ2n) is 4.69. The number of alkyl halides is 3. The molecule has 1 N–H and O–H groups in total. The molecule has 0 bridgehead atoms. The normalized spacial score (nSPS) is 20.2. The number of thioether (sulfide) groups is 1. The number of rotatable bonds is 2. The van der Waals surface area contributed by atoms with E-state index in [1.54, 1.807) is 0 Å². The van der Waals surface area contributed by atoms with Crippen LogP contribution in [0.5, 0.6) is 0 Å². The average molecular weight is 302 g/mol. The van der Waals surface area contributed by atoms with Gasteiger partial charge in [0.2, 0.25) is 0 Å². The highest BCUT2D eigenvalue weighted by Gasteiger charge is 2.34. The van der Waals surface area contributed by atoms with Crippen LogP contribution >= 0.6 is 11.8 Å². The SMILES string of the molecule is FC(F)(F)c1cc2c(NC3CCCSC3)nccn2n1. The van der Waals surface area contributed by atoms with E-state index in [1.807, 2.05) is 11.8 Å². The van der Waals surface area contributed by atoms with Crippen LogP contribution in [-0.2, 0) is 6.18 Å². The Bertz CT molecular complexity index is 604. The van der Waals surface area contributed by atoms with Crippen LogP contribution in [0.1, 0.15) is 18.5 Å². The van der Waals surface area contributed by atoms with Crippen molar-refractivity contribution in [3.05, 3.63) is 24.2 Å². The molecule has 0 aromatic carbocycles. The Labute approximate surface area is 117 Å². The molecule has 8 heteroatoms. The number of hydrogen-bond donors (Lipinski definition) is 1. The molecule has 1 aliphatic heterocycles. The Morgan fingerprint density at radius 1 is 1.40 bits per heavy atom. The van der Waals surface area contributed by atoms with E-state index in [-0.39, 0.29) is 6.04 Å². The van der Waals surface area contributed by atoms with Crippen LogP contribution in [0.25, 0.3) is 5.52 Å². The standard InChI is InChI=1S/C12H13F3N4S/c13-12(14,15)10-6-9-11(16-3-4-19(9)18-10)17-8-2-1-5-20-7-8/h3-4,6,8H,1-2,5,7H2,(H,16,17). The topological polar surface area (TPSA) is 42.2 Å². The fourth-order valence-electron chi connectivity index (χ4n) is 2.22. The zero-order valence-electron chi connectivity index (χ0n) is 10.5. The lowest BCUT2D eigenvalue weighted by molar-refractivity contribution is -0.141. The lowest BCUT2D eigenvalue weighted by atomic mass is 10.2. The zero-order chi connectivity index (χ0) is 14.2. The molecule has 2 aromatic rings. The van der Waals surface area contributed by atoms with E-state index in [2.05, 4.69) is 15.4 Å². The largest absolute Gasteiger partial charge is 0.435 e. The lowest BCUT2D eigenvalue weighted by Crippen LogP contribution is -2.26. The monoisotopic (exact) mass is 302 g/mol. The number of nitrogens with zero attached hydrogens (tertiary/aromatic N) is 3. The quantitative estimate of drug-likeness (QED) is 0.926. The summed E-state index contributed by atoms with van der Waals surface area (Å²) >= 11 is 1.84. The summed E-state index contributed by atoms with van der Waals surface area (Å²) in [5.41, 5.74) is -0.540. The molecule has 108 valence electrons. The minimum Gasteiger partial charge on any atom is -0.365 e. The molecule has 0 radical (unpaired) electrons. The maximum atomic E-state index is 12.7. The summed E-state index contributed by atoms with van der Waals surface area (Å²) in [7, 11) is 0. The molecular weight excluding hydrogens is 289 g/mol. The van der Waals surface area contributed by atoms with Crippen molar-refractivity contribution >= 4 is 23.1 Å². The van der Waals surface area contributed by atoms with E-state index >= 15 is 0 Å². The van der Waals surface area contributed by atoms with Crippen LogP contribution in [0.4, 0.5) is 19.0 Å². The van der Waals surface area contributed by atoms with Crippen LogP contribution in [0.2, 0.25) is 0 Å². The first-order valence-corrected chi connectivity index (χ1v) is 7.45. The average Bonchev–Trinajstić information content (AvgIpc) is 2.85. The van der Waals surface area contributed by atoms with Gasteiger partial charge >= 0.3 is 6.18 Å². The highest BCUT2D eigenvalue weighted by Crippen LogP contribution is 2.30. The Morgan fingerprint density at radius 3 is 2.95 bits per heavy atom. The fourth-order valence-corrected chi connectivity index (χ4v) is 3.29. The van der Waals surface area contributed by atoms with Crippen LogP contribution < -0.4 is 5.32 Å². The maximum absolute atomic E-state index is 12.7. The van der Waals surface area contributed by atoms with Crippen molar-refractivity contribution in [1.82, 2.24) is 14.6 Å². The summed E-state index contributed by atoms with van der Waals surface area (Å²) in [6, 6.07) is 1.28. The van der Waals surface area contributed by atoms with Crippen LogP contribution in [0.15, 0.2) is 18.5 Å². The zero-order valence-corrected chi connectivity index (χ0v) is 11.3. The van der Waals surface area contributed by atoms with Gasteiger partial charge in [-0.05, 0) is 18.6 Å². The van der Waals surface area contributed by atoms with Crippen molar-refractivity contribution in [1.29, 1.82) is 0 Å². The number of aromatic nitrogens is 3. The molecule has 3 heterocycles. The molecule has 1 unspecified atom stereocenters. The van der Waals surface area contributed by atoms with Gasteiger partial charge in [0.1, 0.15) is 5.52 Å². The maximum Gasteiger partial charge on any atom is 0.435 e. The van der Waals surface area contributed by atoms with E-state index in [1.165, 1.54) is 16.9 Å². The summed E-state index contributed by atoms with van der Waals surface area (Å²) in [5, 5.41) is 6.77. The van der Waals surface area contributed by atoms with E-state index in [4.69, 9.17) is 0 Å². The van der Waals surface area contributed by atoms with Crippen molar-refractivity contribution in [3.8, 4) is 0 Å². The fraction of sp³-hybridized carbons (Fsp3) is 0.500. The van der Waals surface area contributed by atoms with Crippen molar-refractivity contribution < 1.29 is 13.2 Å². The predicted molar refractivity (Wildman–Crippen MR) is 72.0 cm³/mol. The van der Waals surface area contributed by atoms with E-state index in [0.717, 1.165) is 30.4 Å². The third-order valence-corrected chi connectivity index (χ3v) is 4.40. The Balaban J connectivity index is 1.92. The molecule has 20 heavy (non-hydrogen) atoms. The van der Waals surface area contributed by atoms with Crippen LogP contribution in [-0.4, -0.2) is 32.1 Å². The van der Waals surface area contributed by atoms with Gasteiger partial charge in [-0.3, -0.25) is 0 Å². The Morgan fingerprint density at radius 2 is 2.25 bits per heavy atom. The summed E-state index contributed by atoms with van der Waals surface area (Å²) < 4.78 is 39.3. The third-order valence-electron chi connectivity index (χ3n) is 3.18. The number of anilines is 1. The van der Waals surface area contributed by atoms with Gasteiger partial charge in [0.15, 0.2) is 11.5 Å². The summed E-state index contributed by atoms with van der Waals surface area (Å²) in [6.45, 7) is 0. The van der Waals surface area contributed by atoms with Gasteiger partial charge in [0.25, 0.3) is 0 Å². The lowest BCUT2D eigenvalue weighted by Gasteiger charge is -2.23. The highest BCUT2D eigenvalue weighted by molar-refractivity contribution is 7.99. The summed E-state index contributed by atoms with van der Waals surface area (Å²) in [4.78, 5) is 4.15. The van der Waals surface area contributed by atoms with E-state index in [9.17, 15) is 13.2 Å². The highest BCUT2D eigenvalue weighted by atomic mass is 32.2. The number of nitrogens with one attached hydrogen (secondary N) is 1. The number of halogens is 3. The van der Waals surface area contributed by atoms with Crippen molar-refractivity contribution in [2.45, 2.75) is 25.1 Å². The van der Waals surface area contributed by atoms with Gasteiger partial charge in [0.05, 0.1) is 0 Å². The predicted octanol–water partition coefficient (Wildman–Crippen LogP) is 3.06. The van der Waals surface area contributed by atoms with Crippen molar-refractivity contribution in [2.24, 2.45) is 0 Å². The Kier molecular flexibility index (Phi) is 3.49. The minimum atomic E-state index is -4.44. The molecule has 0 aliphatic carbocycles. The molecule has 2 aromatic heterocycles. The van der Waals surface area contributed by atoms with E-state index < -0.39 is 11.9 Å². The molecule has 1 aliphatic rings. The summed E-state index contributed by atoms with van der Waals surface area (Å²) in [6.07, 6.45) is 0.558. The minimum absolute atomic E-state index is 0.247. The summed E-state index contributed by atoms with van der Waals surface area (Å²) in [5.74, 6) is 2.55. The Hall–Kier alpha value is -1.44.